The van der Waals surface area contributed by atoms with Crippen LogP contribution in [0, 0.1) is 6.92 Å². The first-order valence-corrected chi connectivity index (χ1v) is 12.2. The summed E-state index contributed by atoms with van der Waals surface area (Å²) in [6.07, 6.45) is 6.38. The van der Waals surface area contributed by atoms with E-state index in [2.05, 4.69) is 25.5 Å². The van der Waals surface area contributed by atoms with Crippen LogP contribution in [0.4, 0.5) is 11.6 Å². The Labute approximate surface area is 208 Å². The van der Waals surface area contributed by atoms with Crippen LogP contribution in [0.3, 0.4) is 0 Å². The fraction of sp³-hybridized carbons (Fsp3) is 0.308. The summed E-state index contributed by atoms with van der Waals surface area (Å²) in [6, 6.07) is 15.7. The monoisotopic (exact) mass is 484 g/mol. The van der Waals surface area contributed by atoms with E-state index in [0.29, 0.717) is 19.1 Å². The number of benzene rings is 1. The Morgan fingerprint density at radius 1 is 1.08 bits per heavy atom. The zero-order chi connectivity index (χ0) is 24.3. The van der Waals surface area contributed by atoms with E-state index in [1.165, 1.54) is 25.9 Å². The Balaban J connectivity index is 1.13. The van der Waals surface area contributed by atoms with E-state index in [9.17, 15) is 0 Å². The van der Waals surface area contributed by atoms with E-state index in [4.69, 9.17) is 14.4 Å². The van der Waals surface area contributed by atoms with Gasteiger partial charge in [-0.1, -0.05) is 11.2 Å². The number of pyridine rings is 1. The topological polar surface area (TPSA) is 98.5 Å². The molecule has 36 heavy (non-hydrogen) atoms. The Morgan fingerprint density at radius 3 is 2.75 bits per heavy atom. The molecule has 0 unspecified atom stereocenters. The van der Waals surface area contributed by atoms with Crippen molar-refractivity contribution in [2.75, 3.05) is 31.6 Å². The highest BCUT2D eigenvalue weighted by molar-refractivity contribution is 5.63. The molecule has 0 amide bonds. The maximum absolute atomic E-state index is 5.90. The van der Waals surface area contributed by atoms with Gasteiger partial charge >= 0.3 is 0 Å². The molecule has 0 atom stereocenters. The Bertz CT molecular complexity index is 1450. The van der Waals surface area contributed by atoms with Crippen LogP contribution < -0.4 is 10.1 Å². The lowest BCUT2D eigenvalue weighted by molar-refractivity contribution is 0.238. The SMILES string of the molecule is Cc1cc(Cn2cc(-c3cccc4nc(Nc5ccc(OCCN6CCCC6)cc5)nn34)cn2)no1. The van der Waals surface area contributed by atoms with Crippen LogP contribution >= 0.6 is 0 Å². The predicted octanol–water partition coefficient (Wildman–Crippen LogP) is 4.16. The molecule has 4 aromatic heterocycles. The number of anilines is 2. The maximum atomic E-state index is 5.90. The molecule has 0 aliphatic carbocycles. The average Bonchev–Trinajstić information content (AvgIpc) is 3.68. The normalized spacial score (nSPS) is 14.0. The first-order chi connectivity index (χ1) is 17.7. The average molecular weight is 485 g/mol. The maximum Gasteiger partial charge on any atom is 0.247 e. The highest BCUT2D eigenvalue weighted by Crippen LogP contribution is 2.23. The lowest BCUT2D eigenvalue weighted by Crippen LogP contribution is -2.25. The second kappa shape index (κ2) is 9.82. The van der Waals surface area contributed by atoms with Crippen LogP contribution in [0.25, 0.3) is 16.9 Å². The highest BCUT2D eigenvalue weighted by Gasteiger charge is 2.13. The fourth-order valence-corrected chi connectivity index (χ4v) is 4.48. The molecule has 6 rings (SSSR count). The van der Waals surface area contributed by atoms with E-state index in [0.717, 1.165) is 46.3 Å². The number of hydrogen-bond donors (Lipinski definition) is 1. The van der Waals surface area contributed by atoms with Crippen LogP contribution in [0.2, 0.25) is 0 Å². The summed E-state index contributed by atoms with van der Waals surface area (Å²) in [6.45, 7) is 6.47. The summed E-state index contributed by atoms with van der Waals surface area (Å²) in [5, 5.41) is 16.5. The number of likely N-dealkylation sites (tertiary alicyclic amines) is 1. The first kappa shape index (κ1) is 22.3. The minimum atomic E-state index is 0.524. The van der Waals surface area contributed by atoms with Crippen molar-refractivity contribution in [3.63, 3.8) is 0 Å². The van der Waals surface area contributed by atoms with Gasteiger partial charge in [-0.2, -0.15) is 10.1 Å². The van der Waals surface area contributed by atoms with Gasteiger partial charge in [0.2, 0.25) is 5.95 Å². The van der Waals surface area contributed by atoms with Crippen LogP contribution in [0.5, 0.6) is 5.75 Å². The molecule has 10 nitrogen and oxygen atoms in total. The summed E-state index contributed by atoms with van der Waals surface area (Å²) in [5.74, 6) is 2.17. The van der Waals surface area contributed by atoms with Gasteiger partial charge in [-0.15, -0.1) is 5.10 Å². The number of aromatic nitrogens is 6. The Morgan fingerprint density at radius 2 is 1.94 bits per heavy atom. The van der Waals surface area contributed by atoms with Crippen LogP contribution in [-0.4, -0.2) is 60.7 Å². The summed E-state index contributed by atoms with van der Waals surface area (Å²) in [5.41, 5.74) is 4.31. The zero-order valence-corrected chi connectivity index (χ0v) is 20.2. The van der Waals surface area contributed by atoms with E-state index in [1.807, 2.05) is 77.0 Å². The Kier molecular flexibility index (Phi) is 6.08. The summed E-state index contributed by atoms with van der Waals surface area (Å²) < 4.78 is 14.7. The van der Waals surface area contributed by atoms with Crippen LogP contribution in [0.15, 0.2) is 65.4 Å². The van der Waals surface area contributed by atoms with Gasteiger partial charge in [-0.25, -0.2) is 4.52 Å². The van der Waals surface area contributed by atoms with Gasteiger partial charge in [0.15, 0.2) is 5.65 Å². The number of nitrogens with one attached hydrogen (secondary N) is 1. The number of ether oxygens (including phenoxy) is 1. The molecule has 0 bridgehead atoms. The van der Waals surface area contributed by atoms with E-state index >= 15 is 0 Å². The van der Waals surface area contributed by atoms with Crippen molar-refractivity contribution in [1.29, 1.82) is 0 Å². The van der Waals surface area contributed by atoms with Gasteiger partial charge in [-0.3, -0.25) is 9.58 Å². The van der Waals surface area contributed by atoms with Crippen LogP contribution in [0.1, 0.15) is 24.3 Å². The van der Waals surface area contributed by atoms with E-state index in [-0.39, 0.29) is 0 Å². The first-order valence-electron chi connectivity index (χ1n) is 12.2. The lowest BCUT2D eigenvalue weighted by atomic mass is 10.2. The molecule has 5 aromatic rings. The molecular weight excluding hydrogens is 456 g/mol. The molecule has 10 heteroatoms. The number of aryl methyl sites for hydroxylation is 1. The largest absolute Gasteiger partial charge is 0.492 e. The number of nitrogens with zero attached hydrogens (tertiary/aromatic N) is 7. The third-order valence-electron chi connectivity index (χ3n) is 6.27. The predicted molar refractivity (Wildman–Crippen MR) is 135 cm³/mol. The third kappa shape index (κ3) is 4.94. The van der Waals surface area contributed by atoms with Crippen molar-refractivity contribution in [1.82, 2.24) is 34.4 Å². The van der Waals surface area contributed by atoms with Crippen LogP contribution in [-0.2, 0) is 6.54 Å². The van der Waals surface area contributed by atoms with E-state index < -0.39 is 0 Å². The molecule has 1 aliphatic heterocycles. The minimum absolute atomic E-state index is 0.524. The molecule has 1 fully saturated rings. The lowest BCUT2D eigenvalue weighted by Gasteiger charge is -2.15. The molecule has 1 aromatic carbocycles. The molecule has 5 heterocycles. The number of rotatable bonds is 9. The minimum Gasteiger partial charge on any atom is -0.492 e. The van der Waals surface area contributed by atoms with Gasteiger partial charge in [0.1, 0.15) is 23.8 Å². The highest BCUT2D eigenvalue weighted by atomic mass is 16.5. The molecule has 0 saturated carbocycles. The smallest absolute Gasteiger partial charge is 0.247 e. The molecule has 184 valence electrons. The molecule has 0 spiro atoms. The number of fused-ring (bicyclic) bond motifs is 1. The van der Waals surface area contributed by atoms with Crippen molar-refractivity contribution in [2.24, 2.45) is 0 Å². The molecule has 1 N–H and O–H groups in total. The van der Waals surface area contributed by atoms with Crippen molar-refractivity contribution in [3.05, 3.63) is 72.4 Å². The molecular formula is C26H28N8O2. The summed E-state index contributed by atoms with van der Waals surface area (Å²) >= 11 is 0. The third-order valence-corrected chi connectivity index (χ3v) is 6.27. The standard InChI is InChI=1S/C26H28N8O2/c1-19-15-22(31-36-19)18-33-17-20(16-27-33)24-5-4-6-25-29-26(30-34(24)25)28-21-7-9-23(10-8-21)35-14-13-32-11-2-3-12-32/h4-10,15-17H,2-3,11-14,18H2,1H3,(H,28,30). The second-order valence-corrected chi connectivity index (χ2v) is 9.02. The van der Waals surface area contributed by atoms with Crippen molar-refractivity contribution in [2.45, 2.75) is 26.3 Å². The second-order valence-electron chi connectivity index (χ2n) is 9.02. The van der Waals surface area contributed by atoms with E-state index in [1.54, 1.807) is 0 Å². The van der Waals surface area contributed by atoms with Gasteiger partial charge < -0.3 is 14.6 Å². The van der Waals surface area contributed by atoms with Crippen molar-refractivity contribution >= 4 is 17.3 Å². The van der Waals surface area contributed by atoms with Gasteiger partial charge in [0.05, 0.1) is 18.4 Å². The quantitative estimate of drug-likeness (QED) is 0.333. The summed E-state index contributed by atoms with van der Waals surface area (Å²) in [4.78, 5) is 7.09. The van der Waals surface area contributed by atoms with Gasteiger partial charge in [0, 0.05) is 30.1 Å². The van der Waals surface area contributed by atoms with Crippen molar-refractivity contribution < 1.29 is 9.26 Å². The Hall–Kier alpha value is -4.18. The molecule has 0 radical (unpaired) electrons. The zero-order valence-electron chi connectivity index (χ0n) is 20.2. The van der Waals surface area contributed by atoms with Gasteiger partial charge in [-0.05, 0) is 69.3 Å². The van der Waals surface area contributed by atoms with Crippen molar-refractivity contribution in [3.8, 4) is 17.0 Å². The fourth-order valence-electron chi connectivity index (χ4n) is 4.48. The molecule has 1 aliphatic rings. The summed E-state index contributed by atoms with van der Waals surface area (Å²) in [7, 11) is 0. The number of hydrogen-bond acceptors (Lipinski definition) is 8. The molecule has 1 saturated heterocycles. The van der Waals surface area contributed by atoms with Gasteiger partial charge in [0.25, 0.3) is 0 Å².